The fraction of sp³-hybridized carbons (Fsp3) is 0.800. The standard InChI is InChI=1S/C10H20/c1-5-10(4)8-6-7-9(2)3/h8-9H,5-7H2,1-4H3/b10-8-. The van der Waals surface area contributed by atoms with Crippen molar-refractivity contribution < 1.29 is 0 Å². The molecule has 0 heteroatoms. The number of rotatable bonds is 4. The van der Waals surface area contributed by atoms with Crippen molar-refractivity contribution in [3.8, 4) is 0 Å². The van der Waals surface area contributed by atoms with Crippen molar-refractivity contribution in [2.75, 3.05) is 0 Å². The first-order valence-electron chi connectivity index (χ1n) is 4.32. The average molecular weight is 140 g/mol. The SMILES string of the molecule is CC/C(C)=C\CCC(C)C. The molecule has 10 heavy (non-hydrogen) atoms. The molecule has 0 aromatic heterocycles. The maximum Gasteiger partial charge on any atom is -0.0346 e. The highest BCUT2D eigenvalue weighted by molar-refractivity contribution is 4.96. The summed E-state index contributed by atoms with van der Waals surface area (Å²) in [5.41, 5.74) is 1.53. The monoisotopic (exact) mass is 140 g/mol. The first kappa shape index (κ1) is 9.74. The quantitative estimate of drug-likeness (QED) is 0.521. The van der Waals surface area contributed by atoms with Crippen LogP contribution in [0.1, 0.15) is 47.0 Å². The molecule has 0 saturated carbocycles. The topological polar surface area (TPSA) is 0 Å². The van der Waals surface area contributed by atoms with Crippen LogP contribution in [0.2, 0.25) is 0 Å². The Labute approximate surface area is 65.3 Å². The predicted molar refractivity (Wildman–Crippen MR) is 48.1 cm³/mol. The second kappa shape index (κ2) is 5.52. The van der Waals surface area contributed by atoms with Crippen LogP contribution in [0.4, 0.5) is 0 Å². The highest BCUT2D eigenvalue weighted by atomic mass is 14.0. The number of hydrogen-bond donors (Lipinski definition) is 0. The molecule has 0 N–H and O–H groups in total. The maximum absolute atomic E-state index is 2.36. The van der Waals surface area contributed by atoms with Crippen LogP contribution >= 0.6 is 0 Å². The molecule has 60 valence electrons. The van der Waals surface area contributed by atoms with Crippen molar-refractivity contribution >= 4 is 0 Å². The normalized spacial score (nSPS) is 12.7. The molecule has 0 saturated heterocycles. The molecule has 0 heterocycles. The number of allylic oxidation sites excluding steroid dienone is 2. The Bertz CT molecular complexity index is 98.6. The van der Waals surface area contributed by atoms with Crippen LogP contribution in [0, 0.1) is 5.92 Å². The molecule has 0 aliphatic heterocycles. The van der Waals surface area contributed by atoms with E-state index < -0.39 is 0 Å². The summed E-state index contributed by atoms with van der Waals surface area (Å²) in [5, 5.41) is 0. The van der Waals surface area contributed by atoms with Gasteiger partial charge in [0, 0.05) is 0 Å². The fourth-order valence-corrected chi connectivity index (χ4v) is 0.807. The molecule has 0 aromatic rings. The molecule has 0 bridgehead atoms. The van der Waals surface area contributed by atoms with E-state index in [2.05, 4.69) is 33.8 Å². The largest absolute Gasteiger partial charge is 0.0856 e. The minimum absolute atomic E-state index is 0.848. The van der Waals surface area contributed by atoms with Gasteiger partial charge in [0.25, 0.3) is 0 Å². The Morgan fingerprint density at radius 3 is 2.40 bits per heavy atom. The molecule has 0 fully saturated rings. The average Bonchev–Trinajstić information content (AvgIpc) is 1.87. The summed E-state index contributed by atoms with van der Waals surface area (Å²) in [7, 11) is 0. The summed E-state index contributed by atoms with van der Waals surface area (Å²) < 4.78 is 0. The fourth-order valence-electron chi connectivity index (χ4n) is 0.807. The Hall–Kier alpha value is -0.260. The van der Waals surface area contributed by atoms with Gasteiger partial charge in [0.2, 0.25) is 0 Å². The third kappa shape index (κ3) is 5.87. The molecule has 0 aliphatic rings. The van der Waals surface area contributed by atoms with E-state index in [1.165, 1.54) is 24.8 Å². The van der Waals surface area contributed by atoms with Gasteiger partial charge in [0.15, 0.2) is 0 Å². The summed E-state index contributed by atoms with van der Waals surface area (Å²) >= 11 is 0. The molecule has 0 atom stereocenters. The summed E-state index contributed by atoms with van der Waals surface area (Å²) in [6, 6.07) is 0. The zero-order valence-corrected chi connectivity index (χ0v) is 7.78. The van der Waals surface area contributed by atoms with Gasteiger partial charge in [-0.3, -0.25) is 0 Å². The third-order valence-corrected chi connectivity index (χ3v) is 1.79. The van der Waals surface area contributed by atoms with Crippen LogP contribution in [0.3, 0.4) is 0 Å². The van der Waals surface area contributed by atoms with Crippen LogP contribution in [0.5, 0.6) is 0 Å². The van der Waals surface area contributed by atoms with E-state index in [1.54, 1.807) is 0 Å². The van der Waals surface area contributed by atoms with E-state index in [4.69, 9.17) is 0 Å². The maximum atomic E-state index is 2.36. The lowest BCUT2D eigenvalue weighted by Crippen LogP contribution is -1.84. The highest BCUT2D eigenvalue weighted by Crippen LogP contribution is 2.07. The minimum atomic E-state index is 0.848. The second-order valence-electron chi connectivity index (χ2n) is 3.38. The van der Waals surface area contributed by atoms with Crippen molar-refractivity contribution in [3.05, 3.63) is 11.6 Å². The van der Waals surface area contributed by atoms with Crippen LogP contribution in [0.25, 0.3) is 0 Å². The van der Waals surface area contributed by atoms with Crippen molar-refractivity contribution in [1.82, 2.24) is 0 Å². The van der Waals surface area contributed by atoms with Crippen LogP contribution in [-0.2, 0) is 0 Å². The van der Waals surface area contributed by atoms with Gasteiger partial charge in [-0.05, 0) is 32.1 Å². The molecule has 0 aromatic carbocycles. The van der Waals surface area contributed by atoms with E-state index in [9.17, 15) is 0 Å². The lowest BCUT2D eigenvalue weighted by atomic mass is 10.1. The molecule has 0 nitrogen and oxygen atoms in total. The molecular weight excluding hydrogens is 120 g/mol. The molecule has 0 radical (unpaired) electrons. The van der Waals surface area contributed by atoms with Crippen LogP contribution in [-0.4, -0.2) is 0 Å². The van der Waals surface area contributed by atoms with Crippen molar-refractivity contribution in [1.29, 1.82) is 0 Å². The Morgan fingerprint density at radius 2 is 2.00 bits per heavy atom. The zero-order valence-electron chi connectivity index (χ0n) is 7.78. The van der Waals surface area contributed by atoms with Gasteiger partial charge in [-0.1, -0.05) is 32.4 Å². The predicted octanol–water partition coefficient (Wildman–Crippen LogP) is 3.78. The van der Waals surface area contributed by atoms with Gasteiger partial charge in [-0.15, -0.1) is 0 Å². The second-order valence-corrected chi connectivity index (χ2v) is 3.38. The van der Waals surface area contributed by atoms with Crippen molar-refractivity contribution in [2.45, 2.75) is 47.0 Å². The molecule has 0 aliphatic carbocycles. The highest BCUT2D eigenvalue weighted by Gasteiger charge is 1.90. The lowest BCUT2D eigenvalue weighted by Gasteiger charge is -2.00. The first-order valence-corrected chi connectivity index (χ1v) is 4.32. The van der Waals surface area contributed by atoms with Gasteiger partial charge in [0.1, 0.15) is 0 Å². The number of hydrogen-bond acceptors (Lipinski definition) is 0. The van der Waals surface area contributed by atoms with E-state index >= 15 is 0 Å². The van der Waals surface area contributed by atoms with Gasteiger partial charge in [-0.2, -0.15) is 0 Å². The van der Waals surface area contributed by atoms with Crippen molar-refractivity contribution in [3.63, 3.8) is 0 Å². The van der Waals surface area contributed by atoms with Crippen LogP contribution < -0.4 is 0 Å². The van der Waals surface area contributed by atoms with Gasteiger partial charge < -0.3 is 0 Å². The van der Waals surface area contributed by atoms with E-state index in [1.807, 2.05) is 0 Å². The summed E-state index contributed by atoms with van der Waals surface area (Å²) in [6.45, 7) is 8.96. The lowest BCUT2D eigenvalue weighted by molar-refractivity contribution is 0.593. The third-order valence-electron chi connectivity index (χ3n) is 1.79. The molecule has 0 amide bonds. The Balaban J connectivity index is 3.34. The van der Waals surface area contributed by atoms with Gasteiger partial charge in [-0.25, -0.2) is 0 Å². The zero-order chi connectivity index (χ0) is 7.98. The molecule has 0 spiro atoms. The first-order chi connectivity index (χ1) is 4.66. The summed E-state index contributed by atoms with van der Waals surface area (Å²) in [4.78, 5) is 0. The Morgan fingerprint density at radius 1 is 1.40 bits per heavy atom. The van der Waals surface area contributed by atoms with Crippen molar-refractivity contribution in [2.24, 2.45) is 5.92 Å². The molecule has 0 unspecified atom stereocenters. The van der Waals surface area contributed by atoms with Gasteiger partial charge in [0.05, 0.1) is 0 Å². The summed E-state index contributed by atoms with van der Waals surface area (Å²) in [6.07, 6.45) is 6.16. The smallest absolute Gasteiger partial charge is 0.0346 e. The van der Waals surface area contributed by atoms with E-state index in [0.717, 1.165) is 5.92 Å². The molecule has 0 rings (SSSR count). The van der Waals surface area contributed by atoms with E-state index in [-0.39, 0.29) is 0 Å². The van der Waals surface area contributed by atoms with Crippen LogP contribution in [0.15, 0.2) is 11.6 Å². The van der Waals surface area contributed by atoms with Gasteiger partial charge >= 0.3 is 0 Å². The van der Waals surface area contributed by atoms with E-state index in [0.29, 0.717) is 0 Å². The minimum Gasteiger partial charge on any atom is -0.0856 e. The summed E-state index contributed by atoms with van der Waals surface area (Å²) in [5.74, 6) is 0.848. The molecular formula is C10H20. The Kier molecular flexibility index (Phi) is 5.38.